The number of nitrogens with zero attached hydrogens (tertiary/aromatic N) is 3. The van der Waals surface area contributed by atoms with E-state index >= 15 is 0 Å². The molecule has 1 aromatic carbocycles. The van der Waals surface area contributed by atoms with Gasteiger partial charge in [-0.1, -0.05) is 54.6 Å². The molecular weight excluding hydrogens is 378 g/mol. The molecule has 4 rings (SSSR count). The summed E-state index contributed by atoms with van der Waals surface area (Å²) >= 11 is 1.70. The lowest BCUT2D eigenvalue weighted by atomic mass is 10.2. The third kappa shape index (κ3) is 4.52. The molecule has 29 heavy (non-hydrogen) atoms. The zero-order chi connectivity index (χ0) is 20.1. The molecule has 5 heteroatoms. The fourth-order valence-corrected chi connectivity index (χ4v) is 4.65. The quantitative estimate of drug-likeness (QED) is 0.554. The molecular formula is C24H27N3OS. The van der Waals surface area contributed by atoms with Crippen molar-refractivity contribution in [2.24, 2.45) is 0 Å². The Hall–Kier alpha value is -2.63. The molecule has 3 heterocycles. The number of aromatic nitrogens is 1. The van der Waals surface area contributed by atoms with Gasteiger partial charge in [0.2, 0.25) is 0 Å². The number of hydrogen-bond donors (Lipinski definition) is 0. The predicted octanol–water partition coefficient (Wildman–Crippen LogP) is 4.75. The first-order chi connectivity index (χ1) is 14.3. The van der Waals surface area contributed by atoms with Crippen LogP contribution in [0.25, 0.3) is 16.3 Å². The van der Waals surface area contributed by atoms with Crippen molar-refractivity contribution in [2.75, 3.05) is 32.7 Å². The van der Waals surface area contributed by atoms with E-state index in [2.05, 4.69) is 63.4 Å². The summed E-state index contributed by atoms with van der Waals surface area (Å²) in [5.41, 5.74) is 2.03. The van der Waals surface area contributed by atoms with Crippen molar-refractivity contribution in [1.82, 2.24) is 14.4 Å². The molecule has 0 unspecified atom stereocenters. The van der Waals surface area contributed by atoms with Gasteiger partial charge < -0.3 is 9.47 Å². The zero-order valence-electron chi connectivity index (χ0n) is 16.8. The first-order valence-electron chi connectivity index (χ1n) is 10.2. The summed E-state index contributed by atoms with van der Waals surface area (Å²) in [5, 5.41) is 3.25. The standard InChI is InChI=1S/C24H27N3OS/c1-2-3-13-27-22(19-21-11-18-29-24(21)27)23(28)26-16-14-25(15-17-26)12-7-10-20-8-5-4-6-9-20/h2-11,18-19H,12-17H2,1H3/b3-2-,10-7+. The van der Waals surface area contributed by atoms with Gasteiger partial charge in [-0.05, 0) is 30.0 Å². The van der Waals surface area contributed by atoms with Crippen molar-refractivity contribution in [1.29, 1.82) is 0 Å². The monoisotopic (exact) mass is 405 g/mol. The molecule has 0 N–H and O–H groups in total. The number of carbonyl (C=O) groups is 1. The zero-order valence-corrected chi connectivity index (χ0v) is 17.6. The molecule has 3 aromatic rings. The van der Waals surface area contributed by atoms with E-state index in [1.54, 1.807) is 11.3 Å². The van der Waals surface area contributed by atoms with Gasteiger partial charge in [-0.2, -0.15) is 0 Å². The van der Waals surface area contributed by atoms with Gasteiger partial charge in [-0.15, -0.1) is 11.3 Å². The Labute approximate surface area is 176 Å². The van der Waals surface area contributed by atoms with Crippen molar-refractivity contribution in [3.63, 3.8) is 0 Å². The number of benzene rings is 1. The van der Waals surface area contributed by atoms with Crippen LogP contribution < -0.4 is 0 Å². The Bertz CT molecular complexity index is 1010. The Morgan fingerprint density at radius 1 is 1.03 bits per heavy atom. The SMILES string of the molecule is C/C=C\Cn1c(C(=O)N2CCN(C/C=C/c3ccccc3)CC2)cc2ccsc21. The van der Waals surface area contributed by atoms with Gasteiger partial charge in [0.15, 0.2) is 0 Å². The van der Waals surface area contributed by atoms with Crippen molar-refractivity contribution in [3.05, 3.63) is 77.3 Å². The maximum absolute atomic E-state index is 13.2. The highest BCUT2D eigenvalue weighted by Gasteiger charge is 2.25. The summed E-state index contributed by atoms with van der Waals surface area (Å²) < 4.78 is 2.15. The third-order valence-corrected chi connectivity index (χ3v) is 6.33. The van der Waals surface area contributed by atoms with E-state index in [1.807, 2.05) is 30.0 Å². The molecule has 1 aliphatic heterocycles. The number of hydrogen-bond acceptors (Lipinski definition) is 3. The average molecular weight is 406 g/mol. The van der Waals surface area contributed by atoms with Gasteiger partial charge >= 0.3 is 0 Å². The Morgan fingerprint density at radius 3 is 2.59 bits per heavy atom. The second-order valence-corrected chi connectivity index (χ2v) is 8.19. The Morgan fingerprint density at radius 2 is 1.83 bits per heavy atom. The highest BCUT2D eigenvalue weighted by Crippen LogP contribution is 2.26. The summed E-state index contributed by atoms with van der Waals surface area (Å²) in [6.07, 6.45) is 8.52. The highest BCUT2D eigenvalue weighted by atomic mass is 32.1. The topological polar surface area (TPSA) is 28.5 Å². The maximum Gasteiger partial charge on any atom is 0.270 e. The number of amides is 1. The van der Waals surface area contributed by atoms with Crippen LogP contribution in [0.15, 0.2) is 66.1 Å². The average Bonchev–Trinajstić information content (AvgIpc) is 3.35. The molecule has 4 nitrogen and oxygen atoms in total. The van der Waals surface area contributed by atoms with Crippen LogP contribution in [0.2, 0.25) is 0 Å². The highest BCUT2D eigenvalue weighted by molar-refractivity contribution is 7.16. The molecule has 0 spiro atoms. The summed E-state index contributed by atoms with van der Waals surface area (Å²) in [6.45, 7) is 7.06. The molecule has 0 radical (unpaired) electrons. The van der Waals surface area contributed by atoms with E-state index in [0.29, 0.717) is 0 Å². The number of piperazine rings is 1. The van der Waals surface area contributed by atoms with Crippen LogP contribution in [0.1, 0.15) is 23.0 Å². The summed E-state index contributed by atoms with van der Waals surface area (Å²) in [7, 11) is 0. The smallest absolute Gasteiger partial charge is 0.270 e. The van der Waals surface area contributed by atoms with Gasteiger partial charge in [0.1, 0.15) is 10.5 Å². The van der Waals surface area contributed by atoms with Crippen LogP contribution in [-0.4, -0.2) is 53.0 Å². The van der Waals surface area contributed by atoms with Gasteiger partial charge in [-0.3, -0.25) is 9.69 Å². The first kappa shape index (κ1) is 19.7. The largest absolute Gasteiger partial charge is 0.335 e. The molecule has 0 saturated carbocycles. The minimum atomic E-state index is 0.150. The van der Waals surface area contributed by atoms with Gasteiger partial charge in [0.05, 0.1) is 0 Å². The normalized spacial score (nSPS) is 15.8. The van der Waals surface area contributed by atoms with Crippen molar-refractivity contribution < 1.29 is 4.79 Å². The molecule has 0 atom stereocenters. The van der Waals surface area contributed by atoms with Gasteiger partial charge in [-0.25, -0.2) is 0 Å². The fraction of sp³-hybridized carbons (Fsp3) is 0.292. The van der Waals surface area contributed by atoms with E-state index in [1.165, 1.54) is 10.4 Å². The van der Waals surface area contributed by atoms with Crippen LogP contribution >= 0.6 is 11.3 Å². The molecule has 1 saturated heterocycles. The van der Waals surface area contributed by atoms with Crippen LogP contribution in [0.3, 0.4) is 0 Å². The van der Waals surface area contributed by atoms with Crippen molar-refractivity contribution >= 4 is 33.5 Å². The Balaban J connectivity index is 1.37. The molecule has 0 bridgehead atoms. The van der Waals surface area contributed by atoms with E-state index in [9.17, 15) is 4.79 Å². The van der Waals surface area contributed by atoms with Crippen molar-refractivity contribution in [2.45, 2.75) is 13.5 Å². The lowest BCUT2D eigenvalue weighted by Crippen LogP contribution is -2.49. The summed E-state index contributed by atoms with van der Waals surface area (Å²) in [6, 6.07) is 14.5. The number of carbonyl (C=O) groups excluding carboxylic acids is 1. The lowest BCUT2D eigenvalue weighted by molar-refractivity contribution is 0.0640. The minimum Gasteiger partial charge on any atom is -0.335 e. The Kier molecular flexibility index (Phi) is 6.27. The summed E-state index contributed by atoms with van der Waals surface area (Å²) in [5.74, 6) is 0.150. The first-order valence-corrected chi connectivity index (χ1v) is 11.1. The van der Waals surface area contributed by atoms with E-state index in [4.69, 9.17) is 0 Å². The number of allylic oxidation sites excluding steroid dienone is 2. The summed E-state index contributed by atoms with van der Waals surface area (Å²) in [4.78, 5) is 18.8. The number of fused-ring (bicyclic) bond motifs is 1. The third-order valence-electron chi connectivity index (χ3n) is 5.38. The molecule has 0 aliphatic carbocycles. The van der Waals surface area contributed by atoms with Crippen LogP contribution in [0.5, 0.6) is 0 Å². The number of rotatable bonds is 6. The number of thiophene rings is 1. The van der Waals surface area contributed by atoms with Crippen LogP contribution in [0.4, 0.5) is 0 Å². The lowest BCUT2D eigenvalue weighted by Gasteiger charge is -2.34. The maximum atomic E-state index is 13.2. The molecule has 1 amide bonds. The van der Waals surface area contributed by atoms with Crippen LogP contribution in [0, 0.1) is 0 Å². The fourth-order valence-electron chi connectivity index (χ4n) is 3.74. The molecule has 1 fully saturated rings. The second kappa shape index (κ2) is 9.25. The second-order valence-electron chi connectivity index (χ2n) is 7.30. The minimum absolute atomic E-state index is 0.150. The molecule has 1 aliphatic rings. The van der Waals surface area contributed by atoms with Gasteiger partial charge in [0, 0.05) is 44.7 Å². The van der Waals surface area contributed by atoms with Crippen LogP contribution in [-0.2, 0) is 6.54 Å². The van der Waals surface area contributed by atoms with E-state index in [-0.39, 0.29) is 5.91 Å². The van der Waals surface area contributed by atoms with E-state index in [0.717, 1.165) is 50.3 Å². The van der Waals surface area contributed by atoms with Gasteiger partial charge in [0.25, 0.3) is 5.91 Å². The van der Waals surface area contributed by atoms with Crippen molar-refractivity contribution in [3.8, 4) is 0 Å². The van der Waals surface area contributed by atoms with E-state index < -0.39 is 0 Å². The molecule has 150 valence electrons. The predicted molar refractivity (Wildman–Crippen MR) is 122 cm³/mol. The molecule has 2 aromatic heterocycles.